The molecule has 7 N–H and O–H groups in total. The van der Waals surface area contributed by atoms with Crippen LogP contribution in [0.1, 0.15) is 110 Å². The minimum Gasteiger partial charge on any atom is -0.492 e. The van der Waals surface area contributed by atoms with E-state index in [1.807, 2.05) is 31.2 Å². The van der Waals surface area contributed by atoms with Crippen LogP contribution in [0.2, 0.25) is 0 Å². The number of ketones is 3. The van der Waals surface area contributed by atoms with Crippen LogP contribution in [0.4, 0.5) is 0 Å². The van der Waals surface area contributed by atoms with Gasteiger partial charge in [0.1, 0.15) is 37.4 Å². The van der Waals surface area contributed by atoms with Crippen molar-refractivity contribution in [2.75, 3.05) is 53.6 Å². The summed E-state index contributed by atoms with van der Waals surface area (Å²) < 4.78 is 17.4. The van der Waals surface area contributed by atoms with Crippen molar-refractivity contribution in [3.05, 3.63) is 82.4 Å². The predicted octanol–water partition coefficient (Wildman–Crippen LogP) is 5.83. The zero-order valence-corrected chi connectivity index (χ0v) is 37.5. The largest absolute Gasteiger partial charge is 0.492 e. The minimum absolute atomic E-state index is 0.0969. The smallest absolute Gasteiger partial charge is 0.226 e. The van der Waals surface area contributed by atoms with Gasteiger partial charge in [-0.3, -0.25) is 24.0 Å². The van der Waals surface area contributed by atoms with E-state index in [2.05, 4.69) is 18.3 Å². The van der Waals surface area contributed by atoms with Gasteiger partial charge in [0.05, 0.1) is 6.04 Å². The summed E-state index contributed by atoms with van der Waals surface area (Å²) in [4.78, 5) is 71.7. The number of hydrogen-bond acceptors (Lipinski definition) is 11. The number of methoxy groups -OCH3 is 1. The second-order valence-electron chi connectivity index (χ2n) is 16.5. The molecule has 4 atom stereocenters. The molecule has 2 amide bonds. The highest BCUT2D eigenvalue weighted by Crippen LogP contribution is 2.41. The first-order chi connectivity index (χ1) is 29.9. The van der Waals surface area contributed by atoms with Crippen LogP contribution in [0.25, 0.3) is 11.1 Å². The summed E-state index contributed by atoms with van der Waals surface area (Å²) >= 11 is 0. The van der Waals surface area contributed by atoms with Gasteiger partial charge >= 0.3 is 0 Å². The van der Waals surface area contributed by atoms with Crippen molar-refractivity contribution in [2.24, 2.45) is 29.0 Å². The Morgan fingerprint density at radius 2 is 1.50 bits per heavy atom. The summed E-state index contributed by atoms with van der Waals surface area (Å²) in [6.45, 7) is 6.54. The van der Waals surface area contributed by atoms with Crippen molar-refractivity contribution in [1.82, 2.24) is 10.2 Å². The number of Topliss-reactive ketones (excluding diaryl/α,β-unsaturated/α-hetero) is 3. The molecule has 1 aliphatic rings. The van der Waals surface area contributed by atoms with E-state index in [1.54, 1.807) is 38.2 Å². The van der Waals surface area contributed by atoms with Crippen LogP contribution in [-0.2, 0) is 36.8 Å². The molecule has 1 heterocycles. The number of rotatable bonds is 23. The van der Waals surface area contributed by atoms with Crippen LogP contribution in [0.5, 0.6) is 11.5 Å². The number of nitrogens with two attached hydrogens (primary N) is 3. The number of unbranched alkanes of at least 4 members (excludes halogenated alkanes) is 5. The first-order valence-corrected chi connectivity index (χ1v) is 22.2. The Bertz CT molecular complexity index is 1990. The number of fused-ring (bicyclic) bond motifs is 5. The zero-order chi connectivity index (χ0) is 45.2. The topological polar surface area (TPSA) is 206 Å². The first-order valence-electron chi connectivity index (χ1n) is 22.2. The molecular weight excluding hydrogens is 787 g/mol. The van der Waals surface area contributed by atoms with E-state index in [0.29, 0.717) is 39.3 Å². The lowest BCUT2D eigenvalue weighted by Crippen LogP contribution is -2.46. The van der Waals surface area contributed by atoms with Crippen LogP contribution >= 0.6 is 0 Å². The number of hydrogen-bond donors (Lipinski definition) is 4. The Morgan fingerprint density at radius 1 is 0.839 bits per heavy atom. The summed E-state index contributed by atoms with van der Waals surface area (Å²) in [5, 5.41) is 2.86. The number of carbonyl (C=O) groups excluding carboxylic acids is 5. The van der Waals surface area contributed by atoms with Gasteiger partial charge in [0.2, 0.25) is 11.8 Å². The molecule has 1 aliphatic heterocycles. The third-order valence-electron chi connectivity index (χ3n) is 11.5. The molecule has 3 aromatic rings. The molecule has 0 aromatic heterocycles. The van der Waals surface area contributed by atoms with Gasteiger partial charge < -0.3 is 41.6 Å². The van der Waals surface area contributed by atoms with E-state index < -0.39 is 41.5 Å². The molecular formula is C49H69N5O8. The van der Waals surface area contributed by atoms with Gasteiger partial charge in [0.15, 0.2) is 17.3 Å². The van der Waals surface area contributed by atoms with Crippen molar-refractivity contribution >= 4 is 29.2 Å². The molecule has 0 aliphatic carbocycles. The minimum atomic E-state index is -1.18. The molecule has 0 fully saturated rings. The average Bonchev–Trinajstić information content (AvgIpc) is 3.25. The molecule has 4 rings (SSSR count). The number of carbonyl (C=O) groups is 5. The predicted molar refractivity (Wildman–Crippen MR) is 242 cm³/mol. The fourth-order valence-electron chi connectivity index (χ4n) is 8.17. The standard InChI is InChI=1S/C49H69N5O8/c1-6-7-8-9-10-11-12-34-13-16-38(32(2)25-34)42(55)30-37(19-20-50)49(59)54(4)47-36-15-18-46(62-24-22-52)40(29-36)39-27-35(14-17-45(39)61-23-21-51)28-41(44(57)31-60-5)53-48(58)33(3)26-43(47)56/h13-18,25,27,29,33,37,41,47H,6-12,19-24,26,28,30-31,50-52H2,1-5H3,(H,53,58)/t33-,37-,41+,47+/m1/s1. The maximum atomic E-state index is 14.7. The molecule has 338 valence electrons. The fourth-order valence-corrected chi connectivity index (χ4v) is 8.17. The number of likely N-dealkylation sites (N-methyl/N-ethyl adjacent to an activating group) is 1. The SMILES string of the molecule is CCCCCCCCc1ccc(C(=O)C[C@@H](CCN)C(=O)N(C)[C@@H]2C(=O)C[C@@H](C)C(=O)N[C@H](C(=O)COC)Cc3ccc(OCCN)c(c3)-c3cc2ccc3OCCN)c(C)c1. The molecule has 0 saturated carbocycles. The Kier molecular flexibility index (Phi) is 20.2. The number of benzene rings is 3. The van der Waals surface area contributed by atoms with Crippen molar-refractivity contribution in [2.45, 2.75) is 103 Å². The number of nitrogens with zero attached hydrogens (tertiary/aromatic N) is 1. The number of ether oxygens (including phenoxy) is 3. The molecule has 4 bridgehead atoms. The van der Waals surface area contributed by atoms with Gasteiger partial charge in [0, 0.05) is 68.6 Å². The molecule has 3 aromatic carbocycles. The first kappa shape index (κ1) is 49.7. The van der Waals surface area contributed by atoms with Crippen LogP contribution < -0.4 is 32.0 Å². The highest BCUT2D eigenvalue weighted by atomic mass is 16.5. The van der Waals surface area contributed by atoms with Gasteiger partial charge in [0.25, 0.3) is 0 Å². The molecule has 0 unspecified atom stereocenters. The molecule has 0 spiro atoms. The van der Waals surface area contributed by atoms with Crippen LogP contribution in [0, 0.1) is 18.8 Å². The van der Waals surface area contributed by atoms with Crippen LogP contribution in [0.15, 0.2) is 54.6 Å². The third-order valence-corrected chi connectivity index (χ3v) is 11.5. The Morgan fingerprint density at radius 3 is 2.15 bits per heavy atom. The van der Waals surface area contributed by atoms with E-state index in [1.165, 1.54) is 49.7 Å². The Labute approximate surface area is 367 Å². The summed E-state index contributed by atoms with van der Waals surface area (Å²) in [6.07, 6.45) is 8.17. The summed E-state index contributed by atoms with van der Waals surface area (Å²) in [6, 6.07) is 14.5. The lowest BCUT2D eigenvalue weighted by molar-refractivity contribution is -0.142. The van der Waals surface area contributed by atoms with Gasteiger partial charge in [-0.05, 0) is 85.7 Å². The molecule has 13 heteroatoms. The van der Waals surface area contributed by atoms with Gasteiger partial charge in [-0.2, -0.15) is 0 Å². The van der Waals surface area contributed by atoms with Gasteiger partial charge in [-0.1, -0.05) is 76.3 Å². The maximum absolute atomic E-state index is 14.7. The summed E-state index contributed by atoms with van der Waals surface area (Å²) in [7, 11) is 2.95. The summed E-state index contributed by atoms with van der Waals surface area (Å²) in [5.74, 6) is -2.62. The average molecular weight is 856 g/mol. The monoisotopic (exact) mass is 856 g/mol. The van der Waals surface area contributed by atoms with Crippen molar-refractivity contribution < 1.29 is 38.2 Å². The number of amides is 2. The lowest BCUT2D eigenvalue weighted by Gasteiger charge is -2.32. The van der Waals surface area contributed by atoms with Gasteiger partial charge in [-0.25, -0.2) is 0 Å². The van der Waals surface area contributed by atoms with Crippen molar-refractivity contribution in [1.29, 1.82) is 0 Å². The van der Waals surface area contributed by atoms with E-state index in [-0.39, 0.29) is 76.7 Å². The molecule has 0 saturated heterocycles. The molecule has 0 radical (unpaired) electrons. The Balaban J connectivity index is 1.76. The van der Waals surface area contributed by atoms with Crippen LogP contribution in [-0.4, -0.2) is 93.7 Å². The van der Waals surface area contributed by atoms with Crippen LogP contribution in [0.3, 0.4) is 0 Å². The van der Waals surface area contributed by atoms with Gasteiger partial charge in [-0.15, -0.1) is 0 Å². The number of nitrogens with one attached hydrogen (secondary N) is 1. The van der Waals surface area contributed by atoms with E-state index in [4.69, 9.17) is 31.4 Å². The fraction of sp³-hybridized carbons (Fsp3) is 0.531. The normalized spacial score (nSPS) is 17.1. The third kappa shape index (κ3) is 13.8. The second kappa shape index (κ2) is 25.2. The zero-order valence-electron chi connectivity index (χ0n) is 37.5. The van der Waals surface area contributed by atoms with E-state index in [0.717, 1.165) is 18.4 Å². The highest BCUT2D eigenvalue weighted by molar-refractivity contribution is 6.01. The Hall–Kier alpha value is -4.95. The molecule has 13 nitrogen and oxygen atoms in total. The van der Waals surface area contributed by atoms with Crippen molar-refractivity contribution in [3.63, 3.8) is 0 Å². The quantitative estimate of drug-likeness (QED) is 0.0660. The highest BCUT2D eigenvalue weighted by Gasteiger charge is 2.36. The molecule has 62 heavy (non-hydrogen) atoms. The maximum Gasteiger partial charge on any atom is 0.226 e. The van der Waals surface area contributed by atoms with E-state index >= 15 is 0 Å². The number of aryl methyl sites for hydroxylation is 2. The second-order valence-corrected chi connectivity index (χ2v) is 16.5. The lowest BCUT2D eigenvalue weighted by atomic mass is 9.88. The van der Waals surface area contributed by atoms with Crippen molar-refractivity contribution in [3.8, 4) is 22.6 Å². The van der Waals surface area contributed by atoms with E-state index in [9.17, 15) is 24.0 Å². The summed E-state index contributed by atoms with van der Waals surface area (Å²) in [5.41, 5.74) is 22.7.